The number of hydrogen-bond acceptors (Lipinski definition) is 4. The molecule has 4 heteroatoms. The Hall–Kier alpha value is -2.33. The first-order valence-corrected chi connectivity index (χ1v) is 6.35. The topological polar surface area (TPSA) is 58.6 Å². The van der Waals surface area contributed by atoms with Crippen molar-refractivity contribution in [1.82, 2.24) is 5.32 Å². The first kappa shape index (κ1) is 14.1. The number of benzene rings is 2. The molecule has 2 aromatic rings. The van der Waals surface area contributed by atoms with E-state index in [4.69, 9.17) is 4.74 Å². The number of hydrogen-bond donors (Lipinski definition) is 2. The summed E-state index contributed by atoms with van der Waals surface area (Å²) in [5.74, 6) is -0.130. The van der Waals surface area contributed by atoms with Crippen LogP contribution in [0.1, 0.15) is 17.2 Å². The summed E-state index contributed by atoms with van der Waals surface area (Å²) in [6.45, 7) is 0.461. The maximum atomic E-state index is 11.9. The van der Waals surface area contributed by atoms with Gasteiger partial charge in [0.05, 0.1) is 7.11 Å². The molecule has 104 valence electrons. The second-order valence-electron chi connectivity index (χ2n) is 4.42. The average Bonchev–Trinajstić information content (AvgIpc) is 2.48. The van der Waals surface area contributed by atoms with E-state index in [-0.39, 0.29) is 11.7 Å². The van der Waals surface area contributed by atoms with Gasteiger partial charge in [-0.05, 0) is 23.3 Å². The van der Waals surface area contributed by atoms with Crippen molar-refractivity contribution >= 4 is 5.97 Å². The van der Waals surface area contributed by atoms with Gasteiger partial charge in [0.1, 0.15) is 11.8 Å². The number of phenols is 1. The zero-order chi connectivity index (χ0) is 14.4. The molecule has 0 saturated carbocycles. The predicted octanol–water partition coefficient (Wildman–Crippen LogP) is 2.40. The van der Waals surface area contributed by atoms with Crippen LogP contribution in [0.5, 0.6) is 5.75 Å². The number of esters is 1. The molecule has 0 heterocycles. The van der Waals surface area contributed by atoms with Crippen molar-refractivity contribution in [3.05, 3.63) is 65.7 Å². The Morgan fingerprint density at radius 1 is 1.20 bits per heavy atom. The van der Waals surface area contributed by atoms with E-state index in [1.54, 1.807) is 18.2 Å². The molecule has 20 heavy (non-hydrogen) atoms. The number of rotatable bonds is 5. The Bertz CT molecular complexity index is 569. The van der Waals surface area contributed by atoms with Gasteiger partial charge >= 0.3 is 5.97 Å². The lowest BCUT2D eigenvalue weighted by molar-refractivity contribution is -0.143. The molecule has 0 spiro atoms. The molecule has 0 saturated heterocycles. The van der Waals surface area contributed by atoms with E-state index >= 15 is 0 Å². The molecule has 0 amide bonds. The number of nitrogens with one attached hydrogen (secondary N) is 1. The van der Waals surface area contributed by atoms with Crippen LogP contribution in [0.3, 0.4) is 0 Å². The highest BCUT2D eigenvalue weighted by Gasteiger charge is 2.20. The van der Waals surface area contributed by atoms with Gasteiger partial charge in [-0.3, -0.25) is 5.32 Å². The number of carbonyl (C=O) groups excluding carboxylic acids is 1. The summed E-state index contributed by atoms with van der Waals surface area (Å²) < 4.78 is 4.83. The summed E-state index contributed by atoms with van der Waals surface area (Å²) in [6, 6.07) is 15.8. The monoisotopic (exact) mass is 271 g/mol. The van der Waals surface area contributed by atoms with Crippen LogP contribution in [0.4, 0.5) is 0 Å². The van der Waals surface area contributed by atoms with E-state index in [2.05, 4.69) is 5.32 Å². The molecule has 1 atom stereocenters. The van der Waals surface area contributed by atoms with Crippen LogP contribution < -0.4 is 5.32 Å². The Kier molecular flexibility index (Phi) is 4.74. The van der Waals surface area contributed by atoms with Gasteiger partial charge in [0, 0.05) is 6.54 Å². The summed E-state index contributed by atoms with van der Waals surface area (Å²) in [7, 11) is 1.37. The van der Waals surface area contributed by atoms with Crippen molar-refractivity contribution in [2.75, 3.05) is 7.11 Å². The fourth-order valence-electron chi connectivity index (χ4n) is 1.99. The van der Waals surface area contributed by atoms with Gasteiger partial charge in [-0.2, -0.15) is 0 Å². The Labute approximate surface area is 118 Å². The molecule has 4 nitrogen and oxygen atoms in total. The lowest BCUT2D eigenvalue weighted by Crippen LogP contribution is -2.29. The van der Waals surface area contributed by atoms with E-state index in [9.17, 15) is 9.90 Å². The van der Waals surface area contributed by atoms with Crippen LogP contribution in [0.25, 0.3) is 0 Å². The van der Waals surface area contributed by atoms with Crippen LogP contribution in [-0.4, -0.2) is 18.2 Å². The van der Waals surface area contributed by atoms with Crippen molar-refractivity contribution in [3.8, 4) is 5.75 Å². The molecular formula is C16H17NO3. The van der Waals surface area contributed by atoms with Crippen molar-refractivity contribution in [2.24, 2.45) is 0 Å². The van der Waals surface area contributed by atoms with Gasteiger partial charge in [-0.25, -0.2) is 4.79 Å². The van der Waals surface area contributed by atoms with E-state index < -0.39 is 6.04 Å². The van der Waals surface area contributed by atoms with Gasteiger partial charge in [0.15, 0.2) is 0 Å². The molecule has 0 radical (unpaired) electrons. The largest absolute Gasteiger partial charge is 0.508 e. The normalized spacial score (nSPS) is 11.8. The van der Waals surface area contributed by atoms with Crippen molar-refractivity contribution < 1.29 is 14.6 Å². The Morgan fingerprint density at radius 2 is 1.95 bits per heavy atom. The minimum absolute atomic E-state index is 0.207. The molecule has 2 N–H and O–H groups in total. The maximum absolute atomic E-state index is 11.9. The van der Waals surface area contributed by atoms with Crippen LogP contribution in [-0.2, 0) is 16.1 Å². The third-order valence-electron chi connectivity index (χ3n) is 2.99. The quantitative estimate of drug-likeness (QED) is 0.820. The number of ether oxygens (including phenoxy) is 1. The SMILES string of the molecule is COC(=O)C(NCc1cccc(O)c1)c1ccccc1. The first-order chi connectivity index (χ1) is 9.70. The standard InChI is InChI=1S/C16H17NO3/c1-20-16(19)15(13-7-3-2-4-8-13)17-11-12-6-5-9-14(18)10-12/h2-10,15,17-18H,11H2,1H3. The minimum atomic E-state index is -0.524. The third kappa shape index (κ3) is 3.59. The van der Waals surface area contributed by atoms with Gasteiger partial charge in [-0.1, -0.05) is 42.5 Å². The second-order valence-corrected chi connectivity index (χ2v) is 4.42. The summed E-state index contributed by atoms with van der Waals surface area (Å²) >= 11 is 0. The Morgan fingerprint density at radius 3 is 2.60 bits per heavy atom. The second kappa shape index (κ2) is 6.73. The minimum Gasteiger partial charge on any atom is -0.508 e. The molecule has 0 aromatic heterocycles. The molecular weight excluding hydrogens is 254 g/mol. The fourth-order valence-corrected chi connectivity index (χ4v) is 1.99. The molecule has 2 rings (SSSR count). The van der Waals surface area contributed by atoms with E-state index in [0.29, 0.717) is 6.54 Å². The van der Waals surface area contributed by atoms with Crippen LogP contribution in [0.15, 0.2) is 54.6 Å². The molecule has 1 unspecified atom stereocenters. The Balaban J connectivity index is 2.11. The predicted molar refractivity (Wildman–Crippen MR) is 76.1 cm³/mol. The number of carbonyl (C=O) groups is 1. The lowest BCUT2D eigenvalue weighted by atomic mass is 10.1. The van der Waals surface area contributed by atoms with Gasteiger partial charge in [0.25, 0.3) is 0 Å². The zero-order valence-electron chi connectivity index (χ0n) is 11.2. The molecule has 0 aliphatic rings. The number of phenolic OH excluding ortho intramolecular Hbond substituents is 1. The van der Waals surface area contributed by atoms with E-state index in [1.807, 2.05) is 36.4 Å². The summed E-state index contributed by atoms with van der Waals surface area (Å²) in [5, 5.41) is 12.6. The summed E-state index contributed by atoms with van der Waals surface area (Å²) in [5.41, 5.74) is 1.74. The third-order valence-corrected chi connectivity index (χ3v) is 2.99. The van der Waals surface area contributed by atoms with Crippen molar-refractivity contribution in [3.63, 3.8) is 0 Å². The van der Waals surface area contributed by atoms with E-state index in [1.165, 1.54) is 7.11 Å². The fraction of sp³-hybridized carbons (Fsp3) is 0.188. The number of methoxy groups -OCH3 is 1. The van der Waals surface area contributed by atoms with Gasteiger partial charge in [-0.15, -0.1) is 0 Å². The number of aromatic hydroxyl groups is 1. The highest BCUT2D eigenvalue weighted by atomic mass is 16.5. The van der Waals surface area contributed by atoms with Gasteiger partial charge in [0.2, 0.25) is 0 Å². The first-order valence-electron chi connectivity index (χ1n) is 6.35. The zero-order valence-corrected chi connectivity index (χ0v) is 11.2. The van der Waals surface area contributed by atoms with Crippen molar-refractivity contribution in [1.29, 1.82) is 0 Å². The molecule has 0 aliphatic carbocycles. The van der Waals surface area contributed by atoms with Crippen LogP contribution >= 0.6 is 0 Å². The molecule has 2 aromatic carbocycles. The smallest absolute Gasteiger partial charge is 0.327 e. The lowest BCUT2D eigenvalue weighted by Gasteiger charge is -2.17. The summed E-state index contributed by atoms with van der Waals surface area (Å²) in [4.78, 5) is 11.9. The summed E-state index contributed by atoms with van der Waals surface area (Å²) in [6.07, 6.45) is 0. The maximum Gasteiger partial charge on any atom is 0.327 e. The van der Waals surface area contributed by atoms with Crippen LogP contribution in [0.2, 0.25) is 0 Å². The van der Waals surface area contributed by atoms with E-state index in [0.717, 1.165) is 11.1 Å². The average molecular weight is 271 g/mol. The van der Waals surface area contributed by atoms with Crippen molar-refractivity contribution in [2.45, 2.75) is 12.6 Å². The highest BCUT2D eigenvalue weighted by molar-refractivity contribution is 5.77. The highest BCUT2D eigenvalue weighted by Crippen LogP contribution is 2.16. The molecule has 0 aliphatic heterocycles. The van der Waals surface area contributed by atoms with Gasteiger partial charge < -0.3 is 9.84 Å². The molecule has 0 fully saturated rings. The molecule has 0 bridgehead atoms. The van der Waals surface area contributed by atoms with Crippen LogP contribution in [0, 0.1) is 0 Å².